The number of thiophene rings is 1. The van der Waals surface area contributed by atoms with Crippen LogP contribution in [0.1, 0.15) is 22.4 Å². The Morgan fingerprint density at radius 2 is 1.93 bits per heavy atom. The van der Waals surface area contributed by atoms with Gasteiger partial charge in [-0.2, -0.15) is 0 Å². The first-order valence-electron chi connectivity index (χ1n) is 8.68. The molecule has 6 nitrogen and oxygen atoms in total. The van der Waals surface area contributed by atoms with Gasteiger partial charge in [-0.3, -0.25) is 4.79 Å². The van der Waals surface area contributed by atoms with E-state index in [2.05, 4.69) is 16.6 Å². The fourth-order valence-electron chi connectivity index (χ4n) is 2.68. The van der Waals surface area contributed by atoms with Crippen LogP contribution in [0, 0.1) is 18.8 Å². The molecule has 0 unspecified atom stereocenters. The van der Waals surface area contributed by atoms with Crippen molar-refractivity contribution in [2.75, 3.05) is 27.7 Å². The molecule has 2 aromatic rings. The molecule has 8 heteroatoms. The Morgan fingerprint density at radius 1 is 1.21 bits per heavy atom. The summed E-state index contributed by atoms with van der Waals surface area (Å²) in [6, 6.07) is 10.2. The van der Waals surface area contributed by atoms with Crippen molar-refractivity contribution >= 4 is 27.3 Å². The van der Waals surface area contributed by atoms with Crippen LogP contribution in [0.5, 0.6) is 0 Å². The predicted molar refractivity (Wildman–Crippen MR) is 111 cm³/mol. The first kappa shape index (κ1) is 22.1. The summed E-state index contributed by atoms with van der Waals surface area (Å²) in [6.07, 6.45) is -0.278. The van der Waals surface area contributed by atoms with Gasteiger partial charge in [0.2, 0.25) is 0 Å². The maximum Gasteiger partial charge on any atom is 0.305 e. The smallest absolute Gasteiger partial charge is 0.305 e. The average molecular weight is 422 g/mol. The minimum atomic E-state index is -3.82. The molecule has 0 bridgehead atoms. The number of aryl methyl sites for hydroxylation is 1. The van der Waals surface area contributed by atoms with Crippen LogP contribution in [0.4, 0.5) is 0 Å². The lowest BCUT2D eigenvalue weighted by Crippen LogP contribution is -2.49. The van der Waals surface area contributed by atoms with Gasteiger partial charge in [0.25, 0.3) is 10.0 Å². The number of carbonyl (C=O) groups is 1. The number of rotatable bonds is 7. The molecule has 0 amide bonds. The van der Waals surface area contributed by atoms with Gasteiger partial charge in [-0.25, -0.2) is 13.1 Å². The molecule has 1 heterocycles. The molecule has 0 aliphatic heterocycles. The Kier molecular flexibility index (Phi) is 7.01. The lowest BCUT2D eigenvalue weighted by molar-refractivity contribution is -0.871. The highest BCUT2D eigenvalue weighted by Crippen LogP contribution is 2.21. The van der Waals surface area contributed by atoms with Crippen LogP contribution in [-0.4, -0.2) is 57.7 Å². The Labute approximate surface area is 170 Å². The van der Waals surface area contributed by atoms with E-state index in [4.69, 9.17) is 5.11 Å². The van der Waals surface area contributed by atoms with Crippen LogP contribution in [-0.2, 0) is 14.8 Å². The monoisotopic (exact) mass is 421 g/mol. The van der Waals surface area contributed by atoms with Crippen molar-refractivity contribution in [1.29, 1.82) is 0 Å². The highest BCUT2D eigenvalue weighted by molar-refractivity contribution is 7.91. The third-order valence-electron chi connectivity index (χ3n) is 3.71. The van der Waals surface area contributed by atoms with Crippen LogP contribution in [0.2, 0.25) is 0 Å². The number of quaternary nitrogens is 1. The maximum atomic E-state index is 12.7. The molecule has 0 fully saturated rings. The number of sulfonamides is 1. The minimum Gasteiger partial charge on any atom is -0.481 e. The number of hydrogen-bond donors (Lipinski definition) is 2. The first-order valence-corrected chi connectivity index (χ1v) is 11.0. The summed E-state index contributed by atoms with van der Waals surface area (Å²) in [7, 11) is 1.83. The number of aliphatic carboxylic acids is 1. The van der Waals surface area contributed by atoms with Crippen LogP contribution in [0.15, 0.2) is 40.6 Å². The van der Waals surface area contributed by atoms with Gasteiger partial charge >= 0.3 is 5.97 Å². The molecule has 2 rings (SSSR count). The average Bonchev–Trinajstić information content (AvgIpc) is 3.00. The second kappa shape index (κ2) is 8.88. The van der Waals surface area contributed by atoms with E-state index >= 15 is 0 Å². The molecule has 1 aromatic heterocycles. The van der Waals surface area contributed by atoms with Gasteiger partial charge in [-0.1, -0.05) is 24.0 Å². The van der Waals surface area contributed by atoms with Crippen LogP contribution in [0.25, 0.3) is 0 Å². The second-order valence-corrected chi connectivity index (χ2v) is 10.7. The molecule has 28 heavy (non-hydrogen) atoms. The number of carboxylic acids is 1. The Morgan fingerprint density at radius 3 is 2.54 bits per heavy atom. The fourth-order valence-corrected chi connectivity index (χ4v) is 5.08. The molecular weight excluding hydrogens is 396 g/mol. The Balaban J connectivity index is 2.18. The van der Waals surface area contributed by atoms with E-state index in [9.17, 15) is 13.2 Å². The number of carboxylic acid groups (broad SMARTS) is 1. The molecule has 1 aromatic carbocycles. The SMILES string of the molecule is Cc1cccc(C#Cc2ccc(S(=O)(=O)N[C@H](CC(=O)O)C[N+](C)(C)C)s2)c1. The fraction of sp³-hybridized carbons (Fsp3) is 0.350. The number of nitrogens with one attached hydrogen (secondary N) is 1. The van der Waals surface area contributed by atoms with E-state index in [1.165, 1.54) is 6.07 Å². The van der Waals surface area contributed by atoms with Gasteiger partial charge < -0.3 is 9.59 Å². The second-order valence-electron chi connectivity index (χ2n) is 7.63. The van der Waals surface area contributed by atoms with E-state index in [1.54, 1.807) is 6.07 Å². The molecule has 150 valence electrons. The molecular formula is C20H25N2O4S2+. The number of likely N-dealkylation sites (N-methyl/N-ethyl adjacent to an activating group) is 1. The highest BCUT2D eigenvalue weighted by atomic mass is 32.2. The largest absolute Gasteiger partial charge is 0.481 e. The number of hydrogen-bond acceptors (Lipinski definition) is 4. The van der Waals surface area contributed by atoms with Gasteiger partial charge in [0.1, 0.15) is 4.21 Å². The first-order chi connectivity index (χ1) is 12.9. The summed E-state index contributed by atoms with van der Waals surface area (Å²) in [4.78, 5) is 11.7. The summed E-state index contributed by atoms with van der Waals surface area (Å²) in [5.74, 6) is 4.97. The molecule has 2 N–H and O–H groups in total. The standard InChI is InChI=1S/C20H24N2O4S2/c1-15-6-5-7-16(12-15)8-9-18-10-11-20(27-18)28(25,26)21-17(13-19(23)24)14-22(2,3)4/h5-7,10-12,17,21H,13-14H2,1-4H3/p+1/t17-/m1/s1. The van der Waals surface area contributed by atoms with Gasteiger partial charge in [0, 0.05) is 5.56 Å². The minimum absolute atomic E-state index is 0.123. The molecule has 0 saturated heterocycles. The molecule has 1 atom stereocenters. The molecule has 0 aliphatic rings. The number of benzene rings is 1. The lowest BCUT2D eigenvalue weighted by Gasteiger charge is -2.28. The number of nitrogens with zero attached hydrogens (tertiary/aromatic N) is 1. The normalized spacial score (nSPS) is 12.9. The lowest BCUT2D eigenvalue weighted by atomic mass is 10.1. The van der Waals surface area contributed by atoms with Gasteiger partial charge in [0.05, 0.1) is 45.0 Å². The van der Waals surface area contributed by atoms with E-state index in [0.29, 0.717) is 15.9 Å². The van der Waals surface area contributed by atoms with Gasteiger partial charge in [-0.05, 0) is 36.8 Å². The van der Waals surface area contributed by atoms with Crippen molar-refractivity contribution in [3.05, 3.63) is 52.4 Å². The Bertz CT molecular complexity index is 1010. The van der Waals surface area contributed by atoms with Crippen LogP contribution < -0.4 is 4.72 Å². The highest BCUT2D eigenvalue weighted by Gasteiger charge is 2.27. The summed E-state index contributed by atoms with van der Waals surface area (Å²) >= 11 is 1.07. The van der Waals surface area contributed by atoms with Crippen molar-refractivity contribution in [2.24, 2.45) is 0 Å². The third kappa shape index (κ3) is 7.09. The summed E-state index contributed by atoms with van der Waals surface area (Å²) in [5.41, 5.74) is 1.97. The van der Waals surface area contributed by atoms with E-state index in [1.807, 2.05) is 52.3 Å². The van der Waals surface area contributed by atoms with E-state index < -0.39 is 22.0 Å². The quantitative estimate of drug-likeness (QED) is 0.531. The van der Waals surface area contributed by atoms with Crippen LogP contribution >= 0.6 is 11.3 Å². The van der Waals surface area contributed by atoms with Crippen molar-refractivity contribution in [3.8, 4) is 11.8 Å². The molecule has 0 aliphatic carbocycles. The van der Waals surface area contributed by atoms with E-state index in [0.717, 1.165) is 22.5 Å². The topological polar surface area (TPSA) is 83.5 Å². The van der Waals surface area contributed by atoms with Crippen LogP contribution in [0.3, 0.4) is 0 Å². The van der Waals surface area contributed by atoms with E-state index in [-0.39, 0.29) is 10.6 Å². The Hall–Kier alpha value is -2.18. The third-order valence-corrected chi connectivity index (χ3v) is 6.72. The molecule has 0 spiro atoms. The summed E-state index contributed by atoms with van der Waals surface area (Å²) in [5, 5.41) is 9.09. The summed E-state index contributed by atoms with van der Waals surface area (Å²) in [6.45, 7) is 2.34. The zero-order valence-electron chi connectivity index (χ0n) is 16.4. The van der Waals surface area contributed by atoms with Crippen molar-refractivity contribution in [1.82, 2.24) is 4.72 Å². The van der Waals surface area contributed by atoms with Gasteiger partial charge in [-0.15, -0.1) is 11.3 Å². The maximum absolute atomic E-state index is 12.7. The zero-order valence-corrected chi connectivity index (χ0v) is 18.0. The molecule has 0 radical (unpaired) electrons. The van der Waals surface area contributed by atoms with Crippen molar-refractivity contribution in [3.63, 3.8) is 0 Å². The zero-order chi connectivity index (χ0) is 20.9. The van der Waals surface area contributed by atoms with Crippen molar-refractivity contribution in [2.45, 2.75) is 23.6 Å². The summed E-state index contributed by atoms with van der Waals surface area (Å²) < 4.78 is 28.5. The van der Waals surface area contributed by atoms with Gasteiger partial charge in [0.15, 0.2) is 0 Å². The van der Waals surface area contributed by atoms with Crippen molar-refractivity contribution < 1.29 is 22.8 Å². The predicted octanol–water partition coefficient (Wildman–Crippen LogP) is 2.28. The molecule has 0 saturated carbocycles.